The van der Waals surface area contributed by atoms with E-state index in [-0.39, 0.29) is 11.4 Å². The second-order valence-corrected chi connectivity index (χ2v) is 4.50. The minimum Gasteiger partial charge on any atom is -0.492 e. The van der Waals surface area contributed by atoms with Crippen molar-refractivity contribution in [3.8, 4) is 5.75 Å². The zero-order valence-corrected chi connectivity index (χ0v) is 10.8. The van der Waals surface area contributed by atoms with E-state index in [1.807, 2.05) is 13.8 Å². The van der Waals surface area contributed by atoms with Gasteiger partial charge < -0.3 is 9.47 Å². The smallest absolute Gasteiger partial charge is 0.178 e. The lowest BCUT2D eigenvalue weighted by atomic mass is 10.1. The first-order chi connectivity index (χ1) is 7.94. The molecule has 0 saturated carbocycles. The Bertz CT molecular complexity index is 371. The number of rotatable bonds is 6. The van der Waals surface area contributed by atoms with E-state index >= 15 is 0 Å². The SMILES string of the molecule is COC(C)(C)CCOc1ccc(C(C)=O)nc1. The lowest BCUT2D eigenvalue weighted by Crippen LogP contribution is -2.25. The van der Waals surface area contributed by atoms with Crippen LogP contribution in [0.3, 0.4) is 0 Å². The van der Waals surface area contributed by atoms with Crippen LogP contribution < -0.4 is 4.74 Å². The molecule has 0 spiro atoms. The lowest BCUT2D eigenvalue weighted by Gasteiger charge is -2.22. The van der Waals surface area contributed by atoms with Gasteiger partial charge in [0.25, 0.3) is 0 Å². The molecule has 0 aliphatic carbocycles. The number of ether oxygens (including phenoxy) is 2. The Labute approximate surface area is 102 Å². The molecule has 94 valence electrons. The Morgan fingerprint density at radius 3 is 2.59 bits per heavy atom. The van der Waals surface area contributed by atoms with Crippen molar-refractivity contribution in [2.75, 3.05) is 13.7 Å². The molecule has 4 heteroatoms. The Hall–Kier alpha value is -1.42. The van der Waals surface area contributed by atoms with Gasteiger partial charge in [-0.3, -0.25) is 4.79 Å². The number of hydrogen-bond acceptors (Lipinski definition) is 4. The third-order valence-electron chi connectivity index (χ3n) is 2.62. The van der Waals surface area contributed by atoms with Gasteiger partial charge in [-0.15, -0.1) is 0 Å². The van der Waals surface area contributed by atoms with Crippen molar-refractivity contribution in [3.63, 3.8) is 0 Å². The predicted molar refractivity (Wildman–Crippen MR) is 65.4 cm³/mol. The highest BCUT2D eigenvalue weighted by Crippen LogP contribution is 2.15. The maximum absolute atomic E-state index is 11.0. The van der Waals surface area contributed by atoms with Crippen LogP contribution in [-0.4, -0.2) is 30.1 Å². The number of nitrogens with zero attached hydrogens (tertiary/aromatic N) is 1. The average Bonchev–Trinajstić information content (AvgIpc) is 2.29. The number of hydrogen-bond donors (Lipinski definition) is 0. The third kappa shape index (κ3) is 4.53. The van der Waals surface area contributed by atoms with Gasteiger partial charge in [-0.25, -0.2) is 4.98 Å². The normalized spacial score (nSPS) is 11.3. The van der Waals surface area contributed by atoms with Crippen LogP contribution in [-0.2, 0) is 4.74 Å². The zero-order valence-electron chi connectivity index (χ0n) is 10.8. The van der Waals surface area contributed by atoms with Crippen molar-refractivity contribution < 1.29 is 14.3 Å². The van der Waals surface area contributed by atoms with Crippen LogP contribution in [0.5, 0.6) is 5.75 Å². The molecule has 0 N–H and O–H groups in total. The zero-order chi connectivity index (χ0) is 12.9. The molecule has 0 fully saturated rings. The molecule has 1 aromatic heterocycles. The first-order valence-electron chi connectivity index (χ1n) is 5.59. The Kier molecular flexibility index (Phi) is 4.63. The van der Waals surface area contributed by atoms with Crippen LogP contribution in [0.2, 0.25) is 0 Å². The fourth-order valence-corrected chi connectivity index (χ4v) is 1.19. The van der Waals surface area contributed by atoms with E-state index in [9.17, 15) is 4.79 Å². The Morgan fingerprint density at radius 2 is 2.12 bits per heavy atom. The fraction of sp³-hybridized carbons (Fsp3) is 0.538. The van der Waals surface area contributed by atoms with Crippen LogP contribution in [0.1, 0.15) is 37.7 Å². The molecule has 1 aromatic rings. The quantitative estimate of drug-likeness (QED) is 0.713. The van der Waals surface area contributed by atoms with Gasteiger partial charge in [-0.2, -0.15) is 0 Å². The van der Waals surface area contributed by atoms with Crippen LogP contribution in [0.15, 0.2) is 18.3 Å². The second kappa shape index (κ2) is 5.77. The monoisotopic (exact) mass is 237 g/mol. The third-order valence-corrected chi connectivity index (χ3v) is 2.62. The summed E-state index contributed by atoms with van der Waals surface area (Å²) in [6, 6.07) is 3.42. The largest absolute Gasteiger partial charge is 0.492 e. The highest BCUT2D eigenvalue weighted by atomic mass is 16.5. The Balaban J connectivity index is 2.45. The molecule has 0 amide bonds. The van der Waals surface area contributed by atoms with Gasteiger partial charge in [0.05, 0.1) is 18.4 Å². The van der Waals surface area contributed by atoms with E-state index in [1.54, 1.807) is 25.4 Å². The summed E-state index contributed by atoms with van der Waals surface area (Å²) < 4.78 is 10.8. The number of methoxy groups -OCH3 is 1. The van der Waals surface area contributed by atoms with Crippen molar-refractivity contribution in [2.45, 2.75) is 32.8 Å². The Morgan fingerprint density at radius 1 is 1.41 bits per heavy atom. The minimum atomic E-state index is -0.188. The van der Waals surface area contributed by atoms with E-state index in [0.29, 0.717) is 18.1 Å². The summed E-state index contributed by atoms with van der Waals surface area (Å²) in [4.78, 5) is 15.0. The second-order valence-electron chi connectivity index (χ2n) is 4.50. The molecule has 0 atom stereocenters. The summed E-state index contributed by atoms with van der Waals surface area (Å²) in [7, 11) is 1.68. The minimum absolute atomic E-state index is 0.0444. The van der Waals surface area contributed by atoms with Gasteiger partial charge in [-0.05, 0) is 26.0 Å². The molecule has 0 aliphatic rings. The summed E-state index contributed by atoms with van der Waals surface area (Å²) in [6.45, 7) is 6.06. The highest BCUT2D eigenvalue weighted by molar-refractivity contribution is 5.92. The molecule has 17 heavy (non-hydrogen) atoms. The molecule has 4 nitrogen and oxygen atoms in total. The van der Waals surface area contributed by atoms with E-state index in [2.05, 4.69) is 4.98 Å². The van der Waals surface area contributed by atoms with Gasteiger partial charge in [0.15, 0.2) is 5.78 Å². The fourth-order valence-electron chi connectivity index (χ4n) is 1.19. The number of ketones is 1. The van der Waals surface area contributed by atoms with Crippen molar-refractivity contribution in [1.82, 2.24) is 4.98 Å². The van der Waals surface area contributed by atoms with Gasteiger partial charge in [0, 0.05) is 20.5 Å². The number of pyridine rings is 1. The van der Waals surface area contributed by atoms with E-state index < -0.39 is 0 Å². The van der Waals surface area contributed by atoms with E-state index in [1.165, 1.54) is 6.92 Å². The van der Waals surface area contributed by atoms with Gasteiger partial charge in [0.1, 0.15) is 11.4 Å². The molecule has 0 saturated heterocycles. The predicted octanol–water partition coefficient (Wildman–Crippen LogP) is 2.48. The molecule has 0 aliphatic heterocycles. The van der Waals surface area contributed by atoms with Crippen LogP contribution in [0.25, 0.3) is 0 Å². The van der Waals surface area contributed by atoms with Crippen molar-refractivity contribution in [3.05, 3.63) is 24.0 Å². The van der Waals surface area contributed by atoms with Gasteiger partial charge in [-0.1, -0.05) is 0 Å². The average molecular weight is 237 g/mol. The van der Waals surface area contributed by atoms with Crippen molar-refractivity contribution >= 4 is 5.78 Å². The van der Waals surface area contributed by atoms with Gasteiger partial charge in [0.2, 0.25) is 0 Å². The standard InChI is InChI=1S/C13H19NO3/c1-10(15)12-6-5-11(9-14-12)17-8-7-13(2,3)16-4/h5-6,9H,7-8H2,1-4H3. The summed E-state index contributed by atoms with van der Waals surface area (Å²) in [5.74, 6) is 0.624. The van der Waals surface area contributed by atoms with Crippen LogP contribution >= 0.6 is 0 Å². The van der Waals surface area contributed by atoms with Crippen molar-refractivity contribution in [2.24, 2.45) is 0 Å². The number of carbonyl (C=O) groups is 1. The van der Waals surface area contributed by atoms with Crippen LogP contribution in [0, 0.1) is 0 Å². The molecule has 0 unspecified atom stereocenters. The number of aromatic nitrogens is 1. The summed E-state index contributed by atoms with van der Waals surface area (Å²) >= 11 is 0. The topological polar surface area (TPSA) is 48.4 Å². The molecule has 1 heterocycles. The highest BCUT2D eigenvalue weighted by Gasteiger charge is 2.15. The van der Waals surface area contributed by atoms with Crippen molar-refractivity contribution in [1.29, 1.82) is 0 Å². The maximum Gasteiger partial charge on any atom is 0.178 e. The first kappa shape index (κ1) is 13.6. The van der Waals surface area contributed by atoms with E-state index in [0.717, 1.165) is 6.42 Å². The van der Waals surface area contributed by atoms with E-state index in [4.69, 9.17) is 9.47 Å². The van der Waals surface area contributed by atoms with Crippen LogP contribution in [0.4, 0.5) is 0 Å². The molecule has 1 rings (SSSR count). The lowest BCUT2D eigenvalue weighted by molar-refractivity contribution is 0.00543. The molecule has 0 bridgehead atoms. The first-order valence-corrected chi connectivity index (χ1v) is 5.59. The molecular formula is C13H19NO3. The molecule has 0 aromatic carbocycles. The maximum atomic E-state index is 11.0. The number of Topliss-reactive ketones (excluding diaryl/α,β-unsaturated/α-hetero) is 1. The summed E-state index contributed by atoms with van der Waals surface area (Å²) in [5.41, 5.74) is 0.266. The summed E-state index contributed by atoms with van der Waals surface area (Å²) in [5, 5.41) is 0. The molecule has 0 radical (unpaired) electrons. The van der Waals surface area contributed by atoms with Gasteiger partial charge >= 0.3 is 0 Å². The number of carbonyl (C=O) groups excluding carboxylic acids is 1. The molecular weight excluding hydrogens is 218 g/mol. The summed E-state index contributed by atoms with van der Waals surface area (Å²) in [6.07, 6.45) is 2.36.